The number of hydrogen-bond donors (Lipinski definition) is 0. The monoisotopic (exact) mass is 379 g/mol. The van der Waals surface area contributed by atoms with Crippen molar-refractivity contribution in [3.8, 4) is 0 Å². The van der Waals surface area contributed by atoms with Crippen LogP contribution >= 0.6 is 11.8 Å². The normalized spacial score (nSPS) is 23.9. The topological polar surface area (TPSA) is 75.9 Å². The summed E-state index contributed by atoms with van der Waals surface area (Å²) in [6, 6.07) is 1.55. The highest BCUT2D eigenvalue weighted by atomic mass is 32.2. The molecule has 2 atom stereocenters. The number of halogens is 1. The van der Waals surface area contributed by atoms with Crippen molar-refractivity contribution in [1.29, 1.82) is 0 Å². The smallest absolute Gasteiger partial charge is 0.287 e. The first kappa shape index (κ1) is 17.3. The van der Waals surface area contributed by atoms with Crippen LogP contribution in [0.1, 0.15) is 24.2 Å². The molecule has 0 radical (unpaired) electrons. The summed E-state index contributed by atoms with van der Waals surface area (Å²) in [5.74, 6) is -0.379. The Morgan fingerprint density at radius 1 is 1.38 bits per heavy atom. The third kappa shape index (κ3) is 2.75. The second kappa shape index (κ2) is 6.55. The van der Waals surface area contributed by atoms with Gasteiger partial charge in [0.1, 0.15) is 0 Å². The summed E-state index contributed by atoms with van der Waals surface area (Å²) >= 11 is 1.20. The van der Waals surface area contributed by atoms with Crippen LogP contribution in [0, 0.1) is 5.82 Å². The van der Waals surface area contributed by atoms with E-state index in [9.17, 15) is 9.59 Å². The summed E-state index contributed by atoms with van der Waals surface area (Å²) in [5.41, 5.74) is 0.360. The molecule has 7 nitrogen and oxygen atoms in total. The Morgan fingerprint density at radius 2 is 2.19 bits per heavy atom. The van der Waals surface area contributed by atoms with Crippen LogP contribution in [0.2, 0.25) is 0 Å². The molecule has 0 N–H and O–H groups in total. The minimum atomic E-state index is -0.634. The molecule has 2 aromatic rings. The number of anilines is 2. The molecular formula is C17H18FN3O4S. The molecule has 26 heavy (non-hydrogen) atoms. The largest absolute Gasteiger partial charge is 0.375 e. The van der Waals surface area contributed by atoms with Crippen LogP contribution in [-0.4, -0.2) is 54.3 Å². The Balaban J connectivity index is 1.83. The lowest BCUT2D eigenvalue weighted by molar-refractivity contribution is 0.0529. The number of ether oxygens (including phenoxy) is 1. The molecule has 0 bridgehead atoms. The van der Waals surface area contributed by atoms with E-state index in [1.165, 1.54) is 16.7 Å². The fourth-order valence-corrected chi connectivity index (χ4v) is 4.30. The number of aldehydes is 1. The third-order valence-electron chi connectivity index (χ3n) is 4.59. The zero-order valence-electron chi connectivity index (χ0n) is 14.4. The number of hydrogen-bond acceptors (Lipinski definition) is 7. The standard InChI is InChI=1S/C17H18FN3O4S/c1-9-6-20(3-4-24-9)14-11(8-22)5-12-15(13(14)18)25-19-16(12)21-7-10(2)26-17(21)23/h5,8-10H,3-4,6-7H2,1-2H3. The molecule has 0 saturated carbocycles. The second-order valence-electron chi connectivity index (χ2n) is 6.56. The van der Waals surface area contributed by atoms with Gasteiger partial charge in [-0.2, -0.15) is 0 Å². The van der Waals surface area contributed by atoms with Crippen LogP contribution in [-0.2, 0) is 4.74 Å². The van der Waals surface area contributed by atoms with Gasteiger partial charge in [0, 0.05) is 30.4 Å². The first-order chi connectivity index (χ1) is 12.5. The number of carbonyl (C=O) groups is 2. The summed E-state index contributed by atoms with van der Waals surface area (Å²) in [6.45, 7) is 5.70. The van der Waals surface area contributed by atoms with E-state index in [1.54, 1.807) is 11.0 Å². The summed E-state index contributed by atoms with van der Waals surface area (Å²) in [4.78, 5) is 27.0. The highest BCUT2D eigenvalue weighted by Crippen LogP contribution is 2.39. The fraction of sp³-hybridized carbons (Fsp3) is 0.471. The van der Waals surface area contributed by atoms with Crippen molar-refractivity contribution in [3.63, 3.8) is 0 Å². The average Bonchev–Trinajstić information content (AvgIpc) is 3.17. The second-order valence-corrected chi connectivity index (χ2v) is 7.95. The quantitative estimate of drug-likeness (QED) is 0.759. The van der Waals surface area contributed by atoms with E-state index in [1.807, 2.05) is 13.8 Å². The molecule has 2 unspecified atom stereocenters. The van der Waals surface area contributed by atoms with Gasteiger partial charge in [-0.25, -0.2) is 4.39 Å². The van der Waals surface area contributed by atoms with Crippen molar-refractivity contribution in [1.82, 2.24) is 5.16 Å². The number of nitrogens with zero attached hydrogens (tertiary/aromatic N) is 3. The Bertz CT molecular complexity index is 887. The summed E-state index contributed by atoms with van der Waals surface area (Å²) in [7, 11) is 0. The number of fused-ring (bicyclic) bond motifs is 1. The molecule has 2 fully saturated rings. The molecule has 1 amide bonds. The number of morpholine rings is 1. The number of aromatic nitrogens is 1. The van der Waals surface area contributed by atoms with Gasteiger partial charge in [-0.15, -0.1) is 0 Å². The summed E-state index contributed by atoms with van der Waals surface area (Å²) in [5, 5.41) is 4.20. The Kier molecular flexibility index (Phi) is 4.36. The molecular weight excluding hydrogens is 361 g/mol. The van der Waals surface area contributed by atoms with Crippen LogP contribution in [0.4, 0.5) is 20.7 Å². The van der Waals surface area contributed by atoms with E-state index >= 15 is 4.39 Å². The van der Waals surface area contributed by atoms with Crippen LogP contribution in [0.25, 0.3) is 11.0 Å². The maximum atomic E-state index is 15.2. The Labute approximate surface area is 153 Å². The van der Waals surface area contributed by atoms with Crippen LogP contribution in [0.3, 0.4) is 0 Å². The van der Waals surface area contributed by atoms with E-state index in [0.717, 1.165) is 0 Å². The number of rotatable bonds is 3. The molecule has 138 valence electrons. The molecule has 9 heteroatoms. The lowest BCUT2D eigenvalue weighted by Crippen LogP contribution is -2.42. The van der Waals surface area contributed by atoms with Crippen molar-refractivity contribution in [2.24, 2.45) is 0 Å². The molecule has 3 heterocycles. The maximum absolute atomic E-state index is 15.2. The molecule has 0 aliphatic carbocycles. The molecule has 1 aromatic carbocycles. The van der Waals surface area contributed by atoms with Gasteiger partial charge in [0.25, 0.3) is 5.24 Å². The van der Waals surface area contributed by atoms with Crippen LogP contribution in [0.5, 0.6) is 0 Å². The zero-order valence-corrected chi connectivity index (χ0v) is 15.2. The Morgan fingerprint density at radius 3 is 2.85 bits per heavy atom. The molecule has 2 aliphatic rings. The first-order valence-corrected chi connectivity index (χ1v) is 9.29. The van der Waals surface area contributed by atoms with Crippen molar-refractivity contribution >= 4 is 45.8 Å². The van der Waals surface area contributed by atoms with Gasteiger partial charge in [-0.05, 0) is 13.0 Å². The van der Waals surface area contributed by atoms with Crippen molar-refractivity contribution < 1.29 is 23.2 Å². The zero-order chi connectivity index (χ0) is 18.4. The maximum Gasteiger partial charge on any atom is 0.287 e. The number of thioether (sulfide) groups is 1. The molecule has 1 aromatic heterocycles. The van der Waals surface area contributed by atoms with Gasteiger partial charge < -0.3 is 14.2 Å². The lowest BCUT2D eigenvalue weighted by Gasteiger charge is -2.33. The van der Waals surface area contributed by atoms with Crippen LogP contribution in [0.15, 0.2) is 10.6 Å². The van der Waals surface area contributed by atoms with Gasteiger partial charge in [0.05, 0.1) is 23.8 Å². The van der Waals surface area contributed by atoms with E-state index in [2.05, 4.69) is 5.16 Å². The van der Waals surface area contributed by atoms with E-state index in [0.29, 0.717) is 37.9 Å². The molecule has 4 rings (SSSR count). The van der Waals surface area contributed by atoms with E-state index in [4.69, 9.17) is 9.26 Å². The molecule has 2 aliphatic heterocycles. The van der Waals surface area contributed by atoms with Gasteiger partial charge in [0.15, 0.2) is 17.9 Å². The highest BCUT2D eigenvalue weighted by Gasteiger charge is 2.34. The van der Waals surface area contributed by atoms with Gasteiger partial charge in [0.2, 0.25) is 5.58 Å². The average molecular weight is 379 g/mol. The van der Waals surface area contributed by atoms with Crippen molar-refractivity contribution in [2.75, 3.05) is 36.0 Å². The number of amides is 1. The minimum Gasteiger partial charge on any atom is -0.375 e. The Hall–Kier alpha value is -2.13. The fourth-order valence-electron chi connectivity index (χ4n) is 3.44. The van der Waals surface area contributed by atoms with Gasteiger partial charge >= 0.3 is 0 Å². The van der Waals surface area contributed by atoms with Crippen LogP contribution < -0.4 is 9.80 Å². The summed E-state index contributed by atoms with van der Waals surface area (Å²) < 4.78 is 25.9. The van der Waals surface area contributed by atoms with E-state index < -0.39 is 5.82 Å². The van der Waals surface area contributed by atoms with E-state index in [-0.39, 0.29) is 39.2 Å². The minimum absolute atomic E-state index is 0.0444. The third-order valence-corrected chi connectivity index (χ3v) is 5.56. The van der Waals surface area contributed by atoms with Crippen molar-refractivity contribution in [3.05, 3.63) is 17.4 Å². The number of benzene rings is 1. The van der Waals surface area contributed by atoms with Crippen molar-refractivity contribution in [2.45, 2.75) is 25.2 Å². The predicted octanol–water partition coefficient (Wildman–Crippen LogP) is 3.07. The number of carbonyl (C=O) groups excluding carboxylic acids is 2. The SMILES string of the molecule is CC1CN(c2c(C=O)cc3c(N4CC(C)SC4=O)noc3c2F)CCO1. The van der Waals surface area contributed by atoms with Gasteiger partial charge in [-0.3, -0.25) is 14.5 Å². The predicted molar refractivity (Wildman–Crippen MR) is 96.8 cm³/mol. The molecule has 0 spiro atoms. The highest BCUT2D eigenvalue weighted by molar-refractivity contribution is 8.14. The lowest BCUT2D eigenvalue weighted by atomic mass is 10.1. The molecule has 2 saturated heterocycles. The summed E-state index contributed by atoms with van der Waals surface area (Å²) in [6.07, 6.45) is 0.558. The van der Waals surface area contributed by atoms with Gasteiger partial charge in [-0.1, -0.05) is 23.8 Å². The first-order valence-electron chi connectivity index (χ1n) is 8.41.